The molecule has 0 aliphatic carbocycles. The van der Waals surface area contributed by atoms with Gasteiger partial charge in [-0.1, -0.05) is 12.1 Å². The molecule has 7 heteroatoms. The number of carboxylic acids is 1. The fourth-order valence-electron chi connectivity index (χ4n) is 1.66. The van der Waals surface area contributed by atoms with E-state index in [9.17, 15) is 13.8 Å². The third kappa shape index (κ3) is 2.73. The highest BCUT2D eigenvalue weighted by Crippen LogP contribution is 2.24. The lowest BCUT2D eigenvalue weighted by molar-refractivity contribution is 0.0698. The van der Waals surface area contributed by atoms with Crippen molar-refractivity contribution in [3.63, 3.8) is 0 Å². The Morgan fingerprint density at radius 2 is 2.00 bits per heavy atom. The predicted molar refractivity (Wildman–Crippen MR) is 76.7 cm³/mol. The van der Waals surface area contributed by atoms with Gasteiger partial charge in [0, 0.05) is 9.77 Å². The minimum absolute atomic E-state index is 0.0217. The number of nitrogens with one attached hydrogen (secondary N) is 1. The van der Waals surface area contributed by atoms with Crippen LogP contribution in [-0.2, 0) is 15.9 Å². The fourth-order valence-corrected chi connectivity index (χ4v) is 3.10. The van der Waals surface area contributed by atoms with Crippen molar-refractivity contribution in [3.05, 3.63) is 45.6 Å². The Labute approximate surface area is 122 Å². The molecule has 20 heavy (non-hydrogen) atoms. The van der Waals surface area contributed by atoms with Crippen LogP contribution >= 0.6 is 11.3 Å². The van der Waals surface area contributed by atoms with Crippen LogP contribution in [0.5, 0.6) is 0 Å². The molecule has 0 unspecified atom stereocenters. The van der Waals surface area contributed by atoms with Gasteiger partial charge in [-0.3, -0.25) is 4.79 Å². The number of aromatic carboxylic acids is 1. The minimum Gasteiger partial charge on any atom is -0.478 e. The Kier molecular flexibility index (Phi) is 4.21. The van der Waals surface area contributed by atoms with Gasteiger partial charge in [0.2, 0.25) is 0 Å². The van der Waals surface area contributed by atoms with E-state index in [0.717, 1.165) is 11.3 Å². The molecule has 0 radical (unpaired) electrons. The van der Waals surface area contributed by atoms with Gasteiger partial charge in [0.15, 0.2) is 0 Å². The topological polar surface area (TPSA) is 83.5 Å². The van der Waals surface area contributed by atoms with Crippen molar-refractivity contribution in [1.29, 1.82) is 0 Å². The molecule has 0 saturated heterocycles. The van der Waals surface area contributed by atoms with Crippen molar-refractivity contribution >= 4 is 40.6 Å². The number of rotatable bonds is 4. The van der Waals surface area contributed by atoms with Crippen LogP contribution in [0, 0.1) is 6.92 Å². The van der Waals surface area contributed by atoms with Crippen molar-refractivity contribution < 1.29 is 18.9 Å². The third-order valence-electron chi connectivity index (χ3n) is 2.70. The van der Waals surface area contributed by atoms with Gasteiger partial charge in [-0.2, -0.15) is 0 Å². The van der Waals surface area contributed by atoms with E-state index in [0.29, 0.717) is 27.0 Å². The molecule has 0 aliphatic heterocycles. The van der Waals surface area contributed by atoms with Crippen molar-refractivity contribution in [2.75, 3.05) is 5.32 Å². The normalized spacial score (nSPS) is 10.1. The van der Waals surface area contributed by atoms with Crippen LogP contribution in [0.15, 0.2) is 34.5 Å². The maximum atomic E-state index is 12.1. The number of anilines is 1. The number of benzene rings is 1. The predicted octanol–water partition coefficient (Wildman–Crippen LogP) is 2.79. The minimum atomic E-state index is -1.11. The van der Waals surface area contributed by atoms with Crippen LogP contribution < -0.4 is 5.32 Å². The number of amides is 1. The highest BCUT2D eigenvalue weighted by atomic mass is 32.1. The Bertz CT molecular complexity index is 693. The monoisotopic (exact) mass is 308 g/mol. The Hall–Kier alpha value is -2.12. The first kappa shape index (κ1) is 14.3. The van der Waals surface area contributed by atoms with Gasteiger partial charge in [-0.15, -0.1) is 11.3 Å². The molecule has 102 valence electrons. The second-order valence-electron chi connectivity index (χ2n) is 3.94. The highest BCUT2D eigenvalue weighted by molar-refractivity contribution is 7.66. The molecule has 5 nitrogen and oxygen atoms in total. The van der Waals surface area contributed by atoms with E-state index in [2.05, 4.69) is 5.32 Å². The summed E-state index contributed by atoms with van der Waals surface area (Å²) < 4.78 is 10.8. The van der Waals surface area contributed by atoms with Gasteiger partial charge in [0.1, 0.15) is 4.88 Å². The fraction of sp³-hybridized carbons (Fsp3) is 0.0769. The molecule has 2 aromatic rings. The number of thiophene rings is 1. The molecule has 2 N–H and O–H groups in total. The van der Waals surface area contributed by atoms with Crippen LogP contribution in [0.4, 0.5) is 5.69 Å². The number of hydrogen-bond acceptors (Lipinski definition) is 4. The van der Waals surface area contributed by atoms with Gasteiger partial charge in [-0.05, 0) is 19.1 Å². The molecule has 0 spiro atoms. The van der Waals surface area contributed by atoms with Gasteiger partial charge < -0.3 is 10.4 Å². The van der Waals surface area contributed by atoms with Crippen LogP contribution in [0.3, 0.4) is 0 Å². The van der Waals surface area contributed by atoms with Crippen LogP contribution in [0.2, 0.25) is 0 Å². The van der Waals surface area contributed by atoms with Crippen molar-refractivity contribution in [2.24, 2.45) is 0 Å². The van der Waals surface area contributed by atoms with Crippen molar-refractivity contribution in [3.8, 4) is 0 Å². The Balaban J connectivity index is 2.30. The Morgan fingerprint density at radius 3 is 2.60 bits per heavy atom. The molecule has 1 amide bonds. The van der Waals surface area contributed by atoms with E-state index >= 15 is 0 Å². The van der Waals surface area contributed by atoms with Crippen LogP contribution in [-0.4, -0.2) is 17.0 Å². The number of carbonyl (C=O) groups excluding carboxylic acids is 1. The van der Waals surface area contributed by atoms with Crippen molar-refractivity contribution in [2.45, 2.75) is 11.8 Å². The van der Waals surface area contributed by atoms with Crippen LogP contribution in [0.25, 0.3) is 0 Å². The molecule has 2 rings (SSSR count). The van der Waals surface area contributed by atoms with E-state index in [1.807, 2.05) is 0 Å². The summed E-state index contributed by atoms with van der Waals surface area (Å²) in [7, 11) is 0. The summed E-state index contributed by atoms with van der Waals surface area (Å²) in [5.74, 6) is -1.53. The van der Waals surface area contributed by atoms with E-state index < -0.39 is 11.9 Å². The number of carbonyl (C=O) groups is 2. The molecule has 1 aromatic carbocycles. The number of hydrogen-bond donors (Lipinski definition) is 2. The summed E-state index contributed by atoms with van der Waals surface area (Å²) in [6.07, 6.45) is 0. The molecule has 1 aromatic heterocycles. The summed E-state index contributed by atoms with van der Waals surface area (Å²) in [4.78, 5) is 24.1. The lowest BCUT2D eigenvalue weighted by atomic mass is 10.1. The molecule has 0 saturated carbocycles. The van der Waals surface area contributed by atoms with E-state index in [4.69, 9.17) is 5.11 Å². The summed E-state index contributed by atoms with van der Waals surface area (Å²) >= 11 is 1.50. The lowest BCUT2D eigenvalue weighted by Crippen LogP contribution is -2.14. The lowest BCUT2D eigenvalue weighted by Gasteiger charge is -2.07. The van der Waals surface area contributed by atoms with E-state index in [1.54, 1.807) is 24.4 Å². The van der Waals surface area contributed by atoms with Crippen molar-refractivity contribution in [1.82, 2.24) is 0 Å². The molecule has 1 heterocycles. The summed E-state index contributed by atoms with van der Waals surface area (Å²) in [5.41, 5.74) is 0.864. The molecular weight excluding hydrogens is 298 g/mol. The second kappa shape index (κ2) is 5.89. The molecule has 0 bridgehead atoms. The van der Waals surface area contributed by atoms with E-state index in [1.165, 1.54) is 12.1 Å². The zero-order valence-corrected chi connectivity index (χ0v) is 12.0. The first-order chi connectivity index (χ1) is 9.54. The molecule has 0 fully saturated rings. The summed E-state index contributed by atoms with van der Waals surface area (Å²) in [6, 6.07) is 6.16. The third-order valence-corrected chi connectivity index (χ3v) is 4.53. The Morgan fingerprint density at radius 1 is 1.30 bits per heavy atom. The zero-order valence-electron chi connectivity index (χ0n) is 10.4. The average molecular weight is 308 g/mol. The average Bonchev–Trinajstić information content (AvgIpc) is 2.80. The molecule has 0 atom stereocenters. The summed E-state index contributed by atoms with van der Waals surface area (Å²) in [6.45, 7) is 1.69. The smallest absolute Gasteiger partial charge is 0.478 e. The maximum absolute atomic E-state index is 12.1. The standard InChI is InChI=1S/C13H9NO4S2/c1-7-10(20-18)6-19-11(7)12(15)14-9-5-3-2-4-8(9)13(16)17/h2-6H,1H3,(H-,14,15,16,17)/p+1. The first-order valence-corrected chi connectivity index (χ1v) is 7.18. The van der Waals surface area contributed by atoms with Gasteiger partial charge in [0.05, 0.1) is 16.6 Å². The van der Waals surface area contributed by atoms with E-state index in [-0.39, 0.29) is 11.3 Å². The van der Waals surface area contributed by atoms with Gasteiger partial charge >= 0.3 is 22.5 Å². The van der Waals surface area contributed by atoms with Gasteiger partial charge in [0.25, 0.3) is 5.91 Å². The maximum Gasteiger partial charge on any atom is 0.506 e. The molecule has 0 aliphatic rings. The second-order valence-corrected chi connectivity index (χ2v) is 5.43. The largest absolute Gasteiger partial charge is 0.506 e. The quantitative estimate of drug-likeness (QED) is 0.851. The number of carboxylic acid groups (broad SMARTS) is 1. The molecular formula is C13H10NO4S2+. The first-order valence-electron chi connectivity index (χ1n) is 5.56. The van der Waals surface area contributed by atoms with Crippen LogP contribution in [0.1, 0.15) is 25.6 Å². The number of para-hydroxylation sites is 1. The summed E-state index contributed by atoms with van der Waals surface area (Å²) in [5, 5.41) is 13.2. The highest BCUT2D eigenvalue weighted by Gasteiger charge is 2.23. The SMILES string of the molecule is Cc1c([S+]=O)csc1C(=O)Nc1ccccc1C(=O)O. The zero-order chi connectivity index (χ0) is 14.7. The van der Waals surface area contributed by atoms with Gasteiger partial charge in [-0.25, -0.2) is 4.79 Å².